The lowest BCUT2D eigenvalue weighted by atomic mass is 10.1. The van der Waals surface area contributed by atoms with Gasteiger partial charge in [0.05, 0.1) is 0 Å². The third kappa shape index (κ3) is 2.88. The van der Waals surface area contributed by atoms with E-state index in [0.29, 0.717) is 19.3 Å². The van der Waals surface area contributed by atoms with Crippen molar-refractivity contribution in [1.29, 1.82) is 0 Å². The van der Waals surface area contributed by atoms with E-state index >= 15 is 0 Å². The highest BCUT2D eigenvalue weighted by atomic mass is 79.9. The third-order valence-electron chi connectivity index (χ3n) is 3.79. The Morgan fingerprint density at radius 3 is 2.74 bits per heavy atom. The normalized spacial score (nSPS) is 21.9. The lowest BCUT2D eigenvalue weighted by Gasteiger charge is -2.25. The number of nitrogens with zero attached hydrogens (tertiary/aromatic N) is 1. The smallest absolute Gasteiger partial charge is 0.162 e. The van der Waals surface area contributed by atoms with E-state index in [-0.39, 0.29) is 0 Å². The Hall–Kier alpha value is -0.780. The molecule has 19 heavy (non-hydrogen) atoms. The maximum absolute atomic E-state index is 5.65. The van der Waals surface area contributed by atoms with Gasteiger partial charge in [-0.2, -0.15) is 0 Å². The van der Waals surface area contributed by atoms with Crippen LogP contribution in [0.2, 0.25) is 0 Å². The third-order valence-corrected chi connectivity index (χ3v) is 4.53. The maximum Gasteiger partial charge on any atom is 0.162 e. The molecule has 1 aromatic rings. The lowest BCUT2D eigenvalue weighted by molar-refractivity contribution is 0.170. The van der Waals surface area contributed by atoms with Crippen molar-refractivity contribution in [3.63, 3.8) is 0 Å². The number of benzene rings is 1. The summed E-state index contributed by atoms with van der Waals surface area (Å²) in [6.07, 6.45) is 1.22. The van der Waals surface area contributed by atoms with Crippen LogP contribution in [0.15, 0.2) is 16.6 Å². The van der Waals surface area contributed by atoms with E-state index in [1.54, 1.807) is 0 Å². The highest BCUT2D eigenvalue weighted by Gasteiger charge is 2.21. The van der Waals surface area contributed by atoms with Crippen LogP contribution in [0, 0.1) is 0 Å². The first kappa shape index (κ1) is 13.2. The molecule has 1 aromatic carbocycles. The molecule has 2 heterocycles. The first-order valence-corrected chi connectivity index (χ1v) is 7.52. The monoisotopic (exact) mass is 326 g/mol. The summed E-state index contributed by atoms with van der Waals surface area (Å²) in [7, 11) is 2.18. The van der Waals surface area contributed by atoms with Gasteiger partial charge in [0, 0.05) is 23.6 Å². The van der Waals surface area contributed by atoms with Gasteiger partial charge < -0.3 is 14.8 Å². The van der Waals surface area contributed by atoms with Crippen LogP contribution in [0.25, 0.3) is 0 Å². The van der Waals surface area contributed by atoms with E-state index in [1.165, 1.54) is 12.0 Å². The molecule has 5 heteroatoms. The standard InChI is InChI=1S/C14H19BrN2O2/c1-17(11-2-3-16-8-11)9-10-6-13-14(7-12(10)15)19-5-4-18-13/h6-7,11,16H,2-5,8-9H2,1H3. The Morgan fingerprint density at radius 1 is 1.32 bits per heavy atom. The lowest BCUT2D eigenvalue weighted by Crippen LogP contribution is -2.33. The quantitative estimate of drug-likeness (QED) is 0.921. The number of halogens is 1. The van der Waals surface area contributed by atoms with Gasteiger partial charge in [-0.1, -0.05) is 15.9 Å². The van der Waals surface area contributed by atoms with Gasteiger partial charge in [-0.05, 0) is 37.7 Å². The van der Waals surface area contributed by atoms with Crippen molar-refractivity contribution >= 4 is 15.9 Å². The summed E-state index contributed by atoms with van der Waals surface area (Å²) in [6.45, 7) is 4.39. The van der Waals surface area contributed by atoms with Gasteiger partial charge in [-0.3, -0.25) is 4.90 Å². The molecule has 0 aliphatic carbocycles. The zero-order chi connectivity index (χ0) is 13.2. The number of fused-ring (bicyclic) bond motifs is 1. The van der Waals surface area contributed by atoms with Crippen LogP contribution < -0.4 is 14.8 Å². The summed E-state index contributed by atoms with van der Waals surface area (Å²) < 4.78 is 12.3. The van der Waals surface area contributed by atoms with Crippen molar-refractivity contribution in [3.05, 3.63) is 22.2 Å². The van der Waals surface area contributed by atoms with Crippen LogP contribution in [-0.4, -0.2) is 44.3 Å². The average Bonchev–Trinajstić information content (AvgIpc) is 2.93. The van der Waals surface area contributed by atoms with Gasteiger partial charge in [-0.25, -0.2) is 0 Å². The first-order chi connectivity index (χ1) is 9.24. The molecule has 0 spiro atoms. The zero-order valence-corrected chi connectivity index (χ0v) is 12.7. The number of hydrogen-bond acceptors (Lipinski definition) is 4. The second kappa shape index (κ2) is 5.69. The molecule has 0 bridgehead atoms. The molecule has 0 radical (unpaired) electrons. The fourth-order valence-electron chi connectivity index (χ4n) is 2.64. The van der Waals surface area contributed by atoms with Crippen molar-refractivity contribution < 1.29 is 9.47 Å². The summed E-state index contributed by atoms with van der Waals surface area (Å²) in [5, 5.41) is 3.41. The molecule has 1 saturated heterocycles. The molecule has 2 aliphatic heterocycles. The number of ether oxygens (including phenoxy) is 2. The molecule has 1 atom stereocenters. The molecule has 1 unspecified atom stereocenters. The van der Waals surface area contributed by atoms with E-state index in [2.05, 4.69) is 39.3 Å². The van der Waals surface area contributed by atoms with Crippen LogP contribution in [0.4, 0.5) is 0 Å². The predicted molar refractivity (Wildman–Crippen MR) is 77.9 cm³/mol. The van der Waals surface area contributed by atoms with Crippen LogP contribution in [0.3, 0.4) is 0 Å². The topological polar surface area (TPSA) is 33.7 Å². The second-order valence-corrected chi connectivity index (χ2v) is 6.00. The zero-order valence-electron chi connectivity index (χ0n) is 11.1. The summed E-state index contributed by atoms with van der Waals surface area (Å²) in [6, 6.07) is 4.74. The first-order valence-electron chi connectivity index (χ1n) is 6.73. The van der Waals surface area contributed by atoms with Crippen LogP contribution in [0.5, 0.6) is 11.5 Å². The molecule has 0 saturated carbocycles. The Kier molecular flexibility index (Phi) is 3.96. The van der Waals surface area contributed by atoms with E-state index in [4.69, 9.17) is 9.47 Å². The molecule has 104 valence electrons. The van der Waals surface area contributed by atoms with Gasteiger partial charge in [0.1, 0.15) is 13.2 Å². The van der Waals surface area contributed by atoms with Crippen molar-refractivity contribution in [2.75, 3.05) is 33.4 Å². The highest BCUT2D eigenvalue weighted by molar-refractivity contribution is 9.10. The van der Waals surface area contributed by atoms with Crippen molar-refractivity contribution in [3.8, 4) is 11.5 Å². The van der Waals surface area contributed by atoms with Crippen molar-refractivity contribution in [2.24, 2.45) is 0 Å². The Bertz CT molecular complexity index is 461. The van der Waals surface area contributed by atoms with Crippen molar-refractivity contribution in [2.45, 2.75) is 19.0 Å². The number of likely N-dealkylation sites (N-methyl/N-ethyl adjacent to an activating group) is 1. The Balaban J connectivity index is 1.76. The van der Waals surface area contributed by atoms with E-state index in [0.717, 1.165) is 35.6 Å². The molecule has 3 rings (SSSR count). The van der Waals surface area contributed by atoms with Gasteiger partial charge in [-0.15, -0.1) is 0 Å². The number of hydrogen-bond donors (Lipinski definition) is 1. The minimum absolute atomic E-state index is 0.625. The van der Waals surface area contributed by atoms with Gasteiger partial charge in [0.25, 0.3) is 0 Å². The molecular weight excluding hydrogens is 308 g/mol. The fraction of sp³-hybridized carbons (Fsp3) is 0.571. The molecular formula is C14H19BrN2O2. The molecule has 2 aliphatic rings. The average molecular weight is 327 g/mol. The van der Waals surface area contributed by atoms with E-state index in [9.17, 15) is 0 Å². The largest absolute Gasteiger partial charge is 0.486 e. The Labute approximate surface area is 122 Å². The fourth-order valence-corrected chi connectivity index (χ4v) is 3.09. The maximum atomic E-state index is 5.65. The van der Waals surface area contributed by atoms with Crippen LogP contribution in [0.1, 0.15) is 12.0 Å². The van der Waals surface area contributed by atoms with Crippen molar-refractivity contribution in [1.82, 2.24) is 10.2 Å². The minimum atomic E-state index is 0.625. The molecule has 0 aromatic heterocycles. The molecule has 1 fully saturated rings. The molecule has 4 nitrogen and oxygen atoms in total. The Morgan fingerprint density at radius 2 is 2.05 bits per heavy atom. The summed E-state index contributed by atoms with van der Waals surface area (Å²) in [4.78, 5) is 2.40. The second-order valence-electron chi connectivity index (χ2n) is 5.15. The van der Waals surface area contributed by atoms with E-state index < -0.39 is 0 Å². The minimum Gasteiger partial charge on any atom is -0.486 e. The number of rotatable bonds is 3. The molecule has 1 N–H and O–H groups in total. The summed E-state index contributed by atoms with van der Waals surface area (Å²) >= 11 is 3.63. The molecule has 0 amide bonds. The van der Waals surface area contributed by atoms with Crippen LogP contribution >= 0.6 is 15.9 Å². The van der Waals surface area contributed by atoms with Gasteiger partial charge >= 0.3 is 0 Å². The summed E-state index contributed by atoms with van der Waals surface area (Å²) in [5.74, 6) is 1.70. The SMILES string of the molecule is CN(Cc1cc2c(cc1Br)OCCO2)C1CCNC1. The number of nitrogens with one attached hydrogen (secondary N) is 1. The highest BCUT2D eigenvalue weighted by Crippen LogP contribution is 2.36. The van der Waals surface area contributed by atoms with Gasteiger partial charge in [0.15, 0.2) is 11.5 Å². The predicted octanol–water partition coefficient (Wildman–Crippen LogP) is 2.01. The van der Waals surface area contributed by atoms with Gasteiger partial charge in [0.2, 0.25) is 0 Å². The van der Waals surface area contributed by atoms with Crippen LogP contribution in [-0.2, 0) is 6.54 Å². The summed E-state index contributed by atoms with van der Waals surface area (Å²) in [5.41, 5.74) is 1.25. The van der Waals surface area contributed by atoms with E-state index in [1.807, 2.05) is 6.07 Å².